The smallest absolute Gasteiger partial charge is 0.308 e. The van der Waals surface area contributed by atoms with E-state index in [1.807, 2.05) is 30.3 Å². The van der Waals surface area contributed by atoms with Crippen molar-refractivity contribution in [3.63, 3.8) is 0 Å². The number of aryl methyl sites for hydroxylation is 1. The number of thiophene rings is 1. The van der Waals surface area contributed by atoms with Crippen molar-refractivity contribution >= 4 is 33.4 Å². The van der Waals surface area contributed by atoms with E-state index in [0.717, 1.165) is 26.9 Å². The number of ether oxygens (including phenoxy) is 2. The van der Waals surface area contributed by atoms with E-state index in [1.54, 1.807) is 23.5 Å². The van der Waals surface area contributed by atoms with Gasteiger partial charge in [0.1, 0.15) is 11.5 Å². The van der Waals surface area contributed by atoms with Gasteiger partial charge in [-0.1, -0.05) is 29.8 Å². The summed E-state index contributed by atoms with van der Waals surface area (Å²) in [5, 5.41) is 1.14. The zero-order valence-electron chi connectivity index (χ0n) is 17.6. The second-order valence-corrected chi connectivity index (χ2v) is 8.49. The Balaban J connectivity index is 1.80. The van der Waals surface area contributed by atoms with Crippen molar-refractivity contribution in [3.8, 4) is 21.9 Å². The van der Waals surface area contributed by atoms with Gasteiger partial charge < -0.3 is 9.47 Å². The zero-order valence-corrected chi connectivity index (χ0v) is 18.4. The molecule has 4 aromatic rings. The van der Waals surface area contributed by atoms with Crippen LogP contribution < -0.4 is 9.47 Å². The third-order valence-electron chi connectivity index (χ3n) is 4.91. The molecule has 5 heteroatoms. The number of carbonyl (C=O) groups is 2. The minimum atomic E-state index is -0.340. The Morgan fingerprint density at radius 2 is 1.42 bits per heavy atom. The SMILES string of the molecule is CC(=O)Oc1ccc(-c2sc3cc(OC(C)=O)ccc3c2Cc2ccc(C)cc2)cc1. The number of hydrogen-bond acceptors (Lipinski definition) is 5. The van der Waals surface area contributed by atoms with Gasteiger partial charge >= 0.3 is 11.9 Å². The van der Waals surface area contributed by atoms with Crippen LogP contribution in [0.5, 0.6) is 11.5 Å². The van der Waals surface area contributed by atoms with E-state index in [2.05, 4.69) is 31.2 Å². The van der Waals surface area contributed by atoms with Gasteiger partial charge in [-0.05, 0) is 77.9 Å². The van der Waals surface area contributed by atoms with Gasteiger partial charge in [0.05, 0.1) is 0 Å². The van der Waals surface area contributed by atoms with Crippen molar-refractivity contribution in [2.24, 2.45) is 0 Å². The van der Waals surface area contributed by atoms with Gasteiger partial charge in [-0.3, -0.25) is 9.59 Å². The predicted molar refractivity (Wildman–Crippen MR) is 124 cm³/mol. The fraction of sp³-hybridized carbons (Fsp3) is 0.154. The molecule has 0 spiro atoms. The van der Waals surface area contributed by atoms with Gasteiger partial charge in [0.25, 0.3) is 0 Å². The zero-order chi connectivity index (χ0) is 22.0. The summed E-state index contributed by atoms with van der Waals surface area (Å²) in [4.78, 5) is 23.7. The Kier molecular flexibility index (Phi) is 5.87. The lowest BCUT2D eigenvalue weighted by molar-refractivity contribution is -0.132. The van der Waals surface area contributed by atoms with Gasteiger partial charge in [-0.25, -0.2) is 0 Å². The van der Waals surface area contributed by atoms with Crippen LogP contribution in [0.2, 0.25) is 0 Å². The molecule has 3 aromatic carbocycles. The molecule has 0 fully saturated rings. The Hall–Kier alpha value is -3.44. The normalized spacial score (nSPS) is 10.8. The van der Waals surface area contributed by atoms with E-state index in [9.17, 15) is 9.59 Å². The Morgan fingerprint density at radius 1 is 0.806 bits per heavy atom. The number of hydrogen-bond donors (Lipinski definition) is 0. The fourth-order valence-corrected chi connectivity index (χ4v) is 4.77. The highest BCUT2D eigenvalue weighted by atomic mass is 32.1. The summed E-state index contributed by atoms with van der Waals surface area (Å²) >= 11 is 1.66. The number of rotatable bonds is 5. The molecular formula is C26H22O4S. The number of benzene rings is 3. The predicted octanol–water partition coefficient (Wildman–Crippen LogP) is 6.32. The molecule has 0 aliphatic carbocycles. The van der Waals surface area contributed by atoms with Crippen molar-refractivity contribution in [1.29, 1.82) is 0 Å². The first-order chi connectivity index (χ1) is 14.9. The highest BCUT2D eigenvalue weighted by Crippen LogP contribution is 2.41. The van der Waals surface area contributed by atoms with E-state index in [4.69, 9.17) is 9.47 Å². The largest absolute Gasteiger partial charge is 0.427 e. The molecule has 0 aliphatic rings. The number of esters is 2. The lowest BCUT2D eigenvalue weighted by Crippen LogP contribution is -2.00. The summed E-state index contributed by atoms with van der Waals surface area (Å²) in [6.07, 6.45) is 0.786. The molecule has 0 aliphatic heterocycles. The van der Waals surface area contributed by atoms with E-state index in [-0.39, 0.29) is 11.9 Å². The molecule has 4 nitrogen and oxygen atoms in total. The molecule has 4 rings (SSSR count). The van der Waals surface area contributed by atoms with Crippen LogP contribution >= 0.6 is 11.3 Å². The van der Waals surface area contributed by atoms with Gasteiger partial charge in [0.15, 0.2) is 0 Å². The molecular weight excluding hydrogens is 408 g/mol. The molecule has 0 atom stereocenters. The third kappa shape index (κ3) is 4.84. The van der Waals surface area contributed by atoms with Gasteiger partial charge in [0.2, 0.25) is 0 Å². The minimum absolute atomic E-state index is 0.336. The second-order valence-electron chi connectivity index (χ2n) is 7.44. The van der Waals surface area contributed by atoms with Crippen molar-refractivity contribution < 1.29 is 19.1 Å². The average Bonchev–Trinajstić information content (AvgIpc) is 3.07. The van der Waals surface area contributed by atoms with Crippen LogP contribution in [-0.2, 0) is 16.0 Å². The monoisotopic (exact) mass is 430 g/mol. The number of carbonyl (C=O) groups excluding carboxylic acids is 2. The first-order valence-electron chi connectivity index (χ1n) is 9.97. The quantitative estimate of drug-likeness (QED) is 0.275. The van der Waals surface area contributed by atoms with Crippen LogP contribution in [0.15, 0.2) is 66.7 Å². The third-order valence-corrected chi connectivity index (χ3v) is 6.15. The molecule has 0 unspecified atom stereocenters. The van der Waals surface area contributed by atoms with Crippen molar-refractivity contribution in [1.82, 2.24) is 0 Å². The molecule has 1 heterocycles. The van der Waals surface area contributed by atoms with Gasteiger partial charge in [-0.15, -0.1) is 11.3 Å². The molecule has 0 radical (unpaired) electrons. The van der Waals surface area contributed by atoms with Crippen LogP contribution in [0.25, 0.3) is 20.5 Å². The maximum atomic E-state index is 11.4. The summed E-state index contributed by atoms with van der Waals surface area (Å²) in [6, 6.07) is 21.9. The minimum Gasteiger partial charge on any atom is -0.427 e. The maximum Gasteiger partial charge on any atom is 0.308 e. The highest BCUT2D eigenvalue weighted by molar-refractivity contribution is 7.22. The van der Waals surface area contributed by atoms with Crippen LogP contribution in [0, 0.1) is 6.92 Å². The molecule has 31 heavy (non-hydrogen) atoms. The van der Waals surface area contributed by atoms with E-state index in [0.29, 0.717) is 11.5 Å². The van der Waals surface area contributed by atoms with Crippen LogP contribution in [-0.4, -0.2) is 11.9 Å². The fourth-order valence-electron chi connectivity index (χ4n) is 3.52. The van der Waals surface area contributed by atoms with Crippen LogP contribution in [0.4, 0.5) is 0 Å². The Labute approximate surface area is 185 Å². The molecule has 0 saturated carbocycles. The van der Waals surface area contributed by atoms with Crippen LogP contribution in [0.3, 0.4) is 0 Å². The summed E-state index contributed by atoms with van der Waals surface area (Å²) in [5.41, 5.74) is 4.73. The van der Waals surface area contributed by atoms with Crippen molar-refractivity contribution in [3.05, 3.63) is 83.4 Å². The van der Waals surface area contributed by atoms with Crippen LogP contribution in [0.1, 0.15) is 30.5 Å². The molecule has 1 aromatic heterocycles. The summed E-state index contributed by atoms with van der Waals surface area (Å²) in [5.74, 6) is 0.388. The standard InChI is InChI=1S/C26H22O4S/c1-16-4-6-19(7-5-16)14-24-23-13-12-22(30-18(3)28)15-25(23)31-26(24)20-8-10-21(11-9-20)29-17(2)27/h4-13,15H,14H2,1-3H3. The van der Waals surface area contributed by atoms with Gasteiger partial charge in [-0.2, -0.15) is 0 Å². The topological polar surface area (TPSA) is 52.6 Å². The second kappa shape index (κ2) is 8.74. The molecule has 0 bridgehead atoms. The lowest BCUT2D eigenvalue weighted by atomic mass is 9.98. The Morgan fingerprint density at radius 3 is 2.06 bits per heavy atom. The summed E-state index contributed by atoms with van der Waals surface area (Å²) in [6.45, 7) is 4.87. The van der Waals surface area contributed by atoms with E-state index in [1.165, 1.54) is 30.5 Å². The number of fused-ring (bicyclic) bond motifs is 1. The van der Waals surface area contributed by atoms with E-state index < -0.39 is 0 Å². The van der Waals surface area contributed by atoms with Crippen molar-refractivity contribution in [2.75, 3.05) is 0 Å². The van der Waals surface area contributed by atoms with Gasteiger partial charge in [0, 0.05) is 23.4 Å². The summed E-state index contributed by atoms with van der Waals surface area (Å²) < 4.78 is 11.5. The molecule has 0 N–H and O–H groups in total. The highest BCUT2D eigenvalue weighted by Gasteiger charge is 2.16. The Bertz CT molecular complexity index is 1250. The van der Waals surface area contributed by atoms with E-state index >= 15 is 0 Å². The molecule has 0 saturated heterocycles. The average molecular weight is 431 g/mol. The molecule has 156 valence electrons. The lowest BCUT2D eigenvalue weighted by Gasteiger charge is -2.08. The first kappa shape index (κ1) is 20.8. The molecule has 0 amide bonds. The summed E-state index contributed by atoms with van der Waals surface area (Å²) in [7, 11) is 0. The first-order valence-corrected chi connectivity index (χ1v) is 10.8. The maximum absolute atomic E-state index is 11.4. The van der Waals surface area contributed by atoms with Crippen molar-refractivity contribution in [2.45, 2.75) is 27.2 Å².